The van der Waals surface area contributed by atoms with Gasteiger partial charge in [-0.1, -0.05) is 0 Å². The van der Waals surface area contributed by atoms with Crippen LogP contribution in [0.15, 0.2) is 18.2 Å². The summed E-state index contributed by atoms with van der Waals surface area (Å²) in [6.45, 7) is 2.53. The van der Waals surface area contributed by atoms with E-state index < -0.39 is 0 Å². The van der Waals surface area contributed by atoms with Crippen LogP contribution >= 0.6 is 12.4 Å². The van der Waals surface area contributed by atoms with E-state index in [1.807, 2.05) is 17.0 Å². The number of carbonyl (C=O) groups is 1. The first-order valence-corrected chi connectivity index (χ1v) is 7.70. The SMILES string of the molecule is Cl.NCCC1CCCCN1C(=O)c1ccc2c(c1)OCCO2. The molecular weight excluding hydrogens is 304 g/mol. The van der Waals surface area contributed by atoms with Crippen LogP contribution in [0.25, 0.3) is 0 Å². The largest absolute Gasteiger partial charge is 0.486 e. The van der Waals surface area contributed by atoms with Gasteiger partial charge in [0.15, 0.2) is 11.5 Å². The van der Waals surface area contributed by atoms with Crippen molar-refractivity contribution in [3.63, 3.8) is 0 Å². The lowest BCUT2D eigenvalue weighted by molar-refractivity contribution is 0.0604. The Bertz CT molecular complexity index is 522. The fourth-order valence-electron chi connectivity index (χ4n) is 3.10. The number of fused-ring (bicyclic) bond motifs is 1. The Labute approximate surface area is 137 Å². The van der Waals surface area contributed by atoms with E-state index in [-0.39, 0.29) is 24.4 Å². The number of hydrogen-bond acceptors (Lipinski definition) is 4. The summed E-state index contributed by atoms with van der Waals surface area (Å²) in [5, 5.41) is 0. The van der Waals surface area contributed by atoms with Crippen LogP contribution in [0, 0.1) is 0 Å². The smallest absolute Gasteiger partial charge is 0.254 e. The first kappa shape index (κ1) is 16.9. The van der Waals surface area contributed by atoms with Crippen molar-refractivity contribution in [2.75, 3.05) is 26.3 Å². The molecule has 1 saturated heterocycles. The summed E-state index contributed by atoms with van der Waals surface area (Å²) in [5.41, 5.74) is 6.35. The second kappa shape index (κ2) is 7.70. The molecule has 0 aromatic heterocycles. The van der Waals surface area contributed by atoms with Crippen LogP contribution in [0.4, 0.5) is 0 Å². The second-order valence-electron chi connectivity index (χ2n) is 5.58. The molecule has 0 radical (unpaired) electrons. The Morgan fingerprint density at radius 1 is 1.23 bits per heavy atom. The molecule has 2 N–H and O–H groups in total. The van der Waals surface area contributed by atoms with Gasteiger partial charge in [-0.3, -0.25) is 4.79 Å². The topological polar surface area (TPSA) is 64.8 Å². The maximum absolute atomic E-state index is 12.8. The van der Waals surface area contributed by atoms with Crippen molar-refractivity contribution in [2.24, 2.45) is 5.73 Å². The average Bonchev–Trinajstić information content (AvgIpc) is 2.54. The second-order valence-corrected chi connectivity index (χ2v) is 5.58. The molecule has 3 rings (SSSR count). The minimum atomic E-state index is 0. The van der Waals surface area contributed by atoms with Crippen molar-refractivity contribution in [2.45, 2.75) is 31.7 Å². The van der Waals surface area contributed by atoms with Gasteiger partial charge < -0.3 is 20.1 Å². The van der Waals surface area contributed by atoms with Crippen LogP contribution < -0.4 is 15.2 Å². The van der Waals surface area contributed by atoms with E-state index in [1.165, 1.54) is 6.42 Å². The molecule has 2 heterocycles. The van der Waals surface area contributed by atoms with E-state index in [0.717, 1.165) is 31.6 Å². The average molecular weight is 327 g/mol. The van der Waals surface area contributed by atoms with E-state index >= 15 is 0 Å². The van der Waals surface area contributed by atoms with Crippen LogP contribution in [0.1, 0.15) is 36.0 Å². The molecule has 1 unspecified atom stereocenters. The van der Waals surface area contributed by atoms with E-state index in [1.54, 1.807) is 6.07 Å². The normalized spacial score (nSPS) is 20.2. The number of hydrogen-bond donors (Lipinski definition) is 1. The summed E-state index contributed by atoms with van der Waals surface area (Å²) in [4.78, 5) is 14.7. The highest BCUT2D eigenvalue weighted by molar-refractivity contribution is 5.95. The number of halogens is 1. The molecule has 1 fully saturated rings. The van der Waals surface area contributed by atoms with Gasteiger partial charge in [0.1, 0.15) is 13.2 Å². The highest BCUT2D eigenvalue weighted by atomic mass is 35.5. The molecule has 6 heteroatoms. The molecule has 1 amide bonds. The van der Waals surface area contributed by atoms with Gasteiger partial charge in [-0.05, 0) is 50.4 Å². The number of amides is 1. The van der Waals surface area contributed by atoms with Gasteiger partial charge in [-0.15, -0.1) is 12.4 Å². The Morgan fingerprint density at radius 3 is 2.77 bits per heavy atom. The van der Waals surface area contributed by atoms with Crippen LogP contribution in [-0.2, 0) is 0 Å². The third-order valence-electron chi connectivity index (χ3n) is 4.18. The van der Waals surface area contributed by atoms with Gasteiger partial charge in [0.25, 0.3) is 5.91 Å². The van der Waals surface area contributed by atoms with Gasteiger partial charge in [0.05, 0.1) is 0 Å². The number of nitrogens with two attached hydrogens (primary N) is 1. The lowest BCUT2D eigenvalue weighted by Gasteiger charge is -2.36. The van der Waals surface area contributed by atoms with Gasteiger partial charge in [0, 0.05) is 18.2 Å². The number of piperidine rings is 1. The standard InChI is InChI=1S/C16H22N2O3.ClH/c17-7-6-13-3-1-2-8-18(13)16(19)12-4-5-14-15(11-12)21-10-9-20-14;/h4-5,11,13H,1-3,6-10,17H2;1H. The number of ether oxygens (including phenoxy) is 2. The maximum atomic E-state index is 12.8. The third-order valence-corrected chi connectivity index (χ3v) is 4.18. The van der Waals surface area contributed by atoms with Gasteiger partial charge in [-0.25, -0.2) is 0 Å². The minimum Gasteiger partial charge on any atom is -0.486 e. The van der Waals surface area contributed by atoms with Crippen molar-refractivity contribution >= 4 is 18.3 Å². The van der Waals surface area contributed by atoms with Gasteiger partial charge >= 0.3 is 0 Å². The van der Waals surface area contributed by atoms with Crippen molar-refractivity contribution in [3.05, 3.63) is 23.8 Å². The number of likely N-dealkylation sites (tertiary alicyclic amines) is 1. The Morgan fingerprint density at radius 2 is 2.00 bits per heavy atom. The van der Waals surface area contributed by atoms with Gasteiger partial charge in [-0.2, -0.15) is 0 Å². The predicted molar refractivity (Wildman–Crippen MR) is 87.0 cm³/mol. The van der Waals surface area contributed by atoms with E-state index in [2.05, 4.69) is 0 Å². The summed E-state index contributed by atoms with van der Waals surface area (Å²) in [6.07, 6.45) is 4.16. The fourth-order valence-corrected chi connectivity index (χ4v) is 3.10. The zero-order valence-electron chi connectivity index (χ0n) is 12.6. The lowest BCUT2D eigenvalue weighted by atomic mass is 9.98. The summed E-state index contributed by atoms with van der Waals surface area (Å²) in [7, 11) is 0. The van der Waals surface area contributed by atoms with E-state index in [4.69, 9.17) is 15.2 Å². The molecule has 0 saturated carbocycles. The van der Waals surface area contributed by atoms with Crippen molar-refractivity contribution < 1.29 is 14.3 Å². The highest BCUT2D eigenvalue weighted by Gasteiger charge is 2.27. The Hall–Kier alpha value is -1.46. The molecule has 5 nitrogen and oxygen atoms in total. The molecule has 1 aromatic rings. The minimum absolute atomic E-state index is 0. The highest BCUT2D eigenvalue weighted by Crippen LogP contribution is 2.32. The summed E-state index contributed by atoms with van der Waals surface area (Å²) in [6, 6.07) is 5.71. The zero-order valence-corrected chi connectivity index (χ0v) is 13.4. The monoisotopic (exact) mass is 326 g/mol. The summed E-state index contributed by atoms with van der Waals surface area (Å²) in [5.74, 6) is 1.46. The van der Waals surface area contributed by atoms with Crippen LogP contribution in [0.3, 0.4) is 0 Å². The molecule has 2 aliphatic heterocycles. The zero-order chi connectivity index (χ0) is 14.7. The van der Waals surface area contributed by atoms with Crippen LogP contribution in [-0.4, -0.2) is 43.2 Å². The maximum Gasteiger partial charge on any atom is 0.254 e. The van der Waals surface area contributed by atoms with E-state index in [9.17, 15) is 4.79 Å². The number of nitrogens with zero attached hydrogens (tertiary/aromatic N) is 1. The molecule has 0 aliphatic carbocycles. The summed E-state index contributed by atoms with van der Waals surface area (Å²) < 4.78 is 11.1. The third kappa shape index (κ3) is 3.47. The number of carbonyl (C=O) groups excluding carboxylic acids is 1. The van der Waals surface area contributed by atoms with E-state index in [0.29, 0.717) is 31.1 Å². The molecule has 122 valence electrons. The predicted octanol–water partition coefficient (Wildman–Crippen LogP) is 2.22. The molecule has 0 bridgehead atoms. The molecule has 1 aromatic carbocycles. The van der Waals surface area contributed by atoms with Crippen molar-refractivity contribution in [1.82, 2.24) is 4.90 Å². The van der Waals surface area contributed by atoms with Crippen LogP contribution in [0.5, 0.6) is 11.5 Å². The first-order chi connectivity index (χ1) is 10.3. The fraction of sp³-hybridized carbons (Fsp3) is 0.562. The Balaban J connectivity index is 0.00000176. The molecular formula is C16H23ClN2O3. The molecule has 0 spiro atoms. The molecule has 2 aliphatic rings. The van der Waals surface area contributed by atoms with Crippen LogP contribution in [0.2, 0.25) is 0 Å². The van der Waals surface area contributed by atoms with Crippen molar-refractivity contribution in [1.29, 1.82) is 0 Å². The van der Waals surface area contributed by atoms with Crippen molar-refractivity contribution in [3.8, 4) is 11.5 Å². The quantitative estimate of drug-likeness (QED) is 0.925. The first-order valence-electron chi connectivity index (χ1n) is 7.70. The summed E-state index contributed by atoms with van der Waals surface area (Å²) >= 11 is 0. The molecule has 22 heavy (non-hydrogen) atoms. The number of rotatable bonds is 3. The Kier molecular flexibility index (Phi) is 5.91. The lowest BCUT2D eigenvalue weighted by Crippen LogP contribution is -2.44. The molecule has 1 atom stereocenters. The van der Waals surface area contributed by atoms with Gasteiger partial charge in [0.2, 0.25) is 0 Å². The number of benzene rings is 1.